The number of nitrogens with zero attached hydrogens (tertiary/aromatic N) is 1. The molecule has 1 aliphatic carbocycles. The van der Waals surface area contributed by atoms with Crippen molar-refractivity contribution in [3.05, 3.63) is 63.9 Å². The zero-order valence-corrected chi connectivity index (χ0v) is 13.9. The number of likely N-dealkylation sites (N-methyl/N-ethyl adjacent to an activating group) is 1. The molecule has 0 bridgehead atoms. The molecule has 0 fully saturated rings. The minimum Gasteiger partial charge on any atom is -0.316 e. The van der Waals surface area contributed by atoms with Crippen molar-refractivity contribution in [1.82, 2.24) is 10.3 Å². The van der Waals surface area contributed by atoms with Crippen LogP contribution in [-0.4, -0.2) is 18.1 Å². The molecule has 110 valence electrons. The molecule has 1 N–H and O–H groups in total. The summed E-state index contributed by atoms with van der Waals surface area (Å²) in [5, 5.41) is 3.53. The minimum absolute atomic E-state index is 0.428. The predicted octanol–water partition coefficient (Wildman–Crippen LogP) is 4.09. The van der Waals surface area contributed by atoms with Crippen LogP contribution in [0.2, 0.25) is 0 Å². The van der Waals surface area contributed by atoms with E-state index >= 15 is 0 Å². The van der Waals surface area contributed by atoms with Crippen LogP contribution in [0.25, 0.3) is 0 Å². The number of halogens is 1. The van der Waals surface area contributed by atoms with Crippen molar-refractivity contribution in [3.8, 4) is 0 Å². The van der Waals surface area contributed by atoms with Gasteiger partial charge in [0.15, 0.2) is 0 Å². The van der Waals surface area contributed by atoms with Gasteiger partial charge in [0.2, 0.25) is 0 Å². The van der Waals surface area contributed by atoms with Crippen LogP contribution >= 0.6 is 15.9 Å². The zero-order chi connectivity index (χ0) is 14.7. The lowest BCUT2D eigenvalue weighted by Gasteiger charge is -2.31. The summed E-state index contributed by atoms with van der Waals surface area (Å²) in [5.41, 5.74) is 4.09. The molecule has 1 heterocycles. The smallest absolute Gasteiger partial charge is 0.0482 e. The number of aryl methyl sites for hydroxylation is 1. The summed E-state index contributed by atoms with van der Waals surface area (Å²) in [6, 6.07) is 13.2. The van der Waals surface area contributed by atoms with Gasteiger partial charge in [-0.15, -0.1) is 0 Å². The van der Waals surface area contributed by atoms with Gasteiger partial charge < -0.3 is 5.32 Å². The average Bonchev–Trinajstić information content (AvgIpc) is 2.54. The van der Waals surface area contributed by atoms with Gasteiger partial charge in [0.1, 0.15) is 0 Å². The first kappa shape index (κ1) is 14.7. The van der Waals surface area contributed by atoms with E-state index in [2.05, 4.69) is 69.7 Å². The highest BCUT2D eigenvalue weighted by Crippen LogP contribution is 2.34. The van der Waals surface area contributed by atoms with Gasteiger partial charge >= 0.3 is 0 Å². The van der Waals surface area contributed by atoms with E-state index in [1.54, 1.807) is 0 Å². The largest absolute Gasteiger partial charge is 0.316 e. The summed E-state index contributed by atoms with van der Waals surface area (Å²) >= 11 is 3.67. The van der Waals surface area contributed by atoms with Crippen LogP contribution in [0.1, 0.15) is 35.6 Å². The summed E-state index contributed by atoms with van der Waals surface area (Å²) < 4.78 is 1.20. The van der Waals surface area contributed by atoms with E-state index < -0.39 is 0 Å². The fourth-order valence-electron chi connectivity index (χ4n) is 3.38. The predicted molar refractivity (Wildman–Crippen MR) is 90.6 cm³/mol. The molecule has 3 rings (SSSR count). The SMILES string of the molecule is CNC(Cc1ccccc1Br)C1CCCc2cccnc21. The van der Waals surface area contributed by atoms with E-state index in [1.165, 1.54) is 40.6 Å². The summed E-state index contributed by atoms with van der Waals surface area (Å²) in [7, 11) is 2.07. The number of aromatic nitrogens is 1. The van der Waals surface area contributed by atoms with Gasteiger partial charge in [-0.25, -0.2) is 0 Å². The molecule has 1 aromatic carbocycles. The molecule has 1 aliphatic rings. The number of pyridine rings is 1. The molecule has 21 heavy (non-hydrogen) atoms. The molecule has 2 unspecified atom stereocenters. The second-order valence-corrected chi connectivity index (χ2v) is 6.59. The lowest BCUT2D eigenvalue weighted by Crippen LogP contribution is -2.36. The molecule has 0 saturated heterocycles. The average molecular weight is 345 g/mol. The summed E-state index contributed by atoms with van der Waals surface area (Å²) in [6.45, 7) is 0. The molecular weight excluding hydrogens is 324 g/mol. The van der Waals surface area contributed by atoms with E-state index in [9.17, 15) is 0 Å². The van der Waals surface area contributed by atoms with Crippen molar-refractivity contribution in [2.45, 2.75) is 37.6 Å². The van der Waals surface area contributed by atoms with Crippen LogP contribution in [-0.2, 0) is 12.8 Å². The maximum Gasteiger partial charge on any atom is 0.0482 e. The van der Waals surface area contributed by atoms with Crippen LogP contribution in [0.15, 0.2) is 47.1 Å². The van der Waals surface area contributed by atoms with Gasteiger partial charge in [0, 0.05) is 28.3 Å². The highest BCUT2D eigenvalue weighted by Gasteiger charge is 2.28. The van der Waals surface area contributed by atoms with Gasteiger partial charge in [-0.05, 0) is 56.0 Å². The normalized spacial score (nSPS) is 19.0. The Balaban J connectivity index is 1.86. The number of rotatable bonds is 4. The number of nitrogens with one attached hydrogen (secondary N) is 1. The minimum atomic E-state index is 0.428. The fourth-order valence-corrected chi connectivity index (χ4v) is 3.83. The Morgan fingerprint density at radius 1 is 1.29 bits per heavy atom. The van der Waals surface area contributed by atoms with Crippen molar-refractivity contribution in [2.75, 3.05) is 7.05 Å². The quantitative estimate of drug-likeness (QED) is 0.903. The van der Waals surface area contributed by atoms with E-state index in [1.807, 2.05) is 6.20 Å². The van der Waals surface area contributed by atoms with Gasteiger partial charge in [-0.1, -0.05) is 40.2 Å². The van der Waals surface area contributed by atoms with Crippen LogP contribution in [0, 0.1) is 0 Å². The Labute approximate surface area is 135 Å². The Hall–Kier alpha value is -1.19. The van der Waals surface area contributed by atoms with Crippen LogP contribution in [0.4, 0.5) is 0 Å². The molecule has 0 saturated carbocycles. The van der Waals surface area contributed by atoms with E-state index in [0.29, 0.717) is 12.0 Å². The number of fused-ring (bicyclic) bond motifs is 1. The Kier molecular flexibility index (Phi) is 4.71. The van der Waals surface area contributed by atoms with E-state index in [-0.39, 0.29) is 0 Å². The van der Waals surface area contributed by atoms with Crippen molar-refractivity contribution < 1.29 is 0 Å². The summed E-state index contributed by atoms with van der Waals surface area (Å²) in [6.07, 6.45) is 6.61. The topological polar surface area (TPSA) is 24.9 Å². The number of hydrogen-bond acceptors (Lipinski definition) is 2. The Bertz CT molecular complexity index is 612. The first-order chi connectivity index (χ1) is 10.3. The Morgan fingerprint density at radius 2 is 2.14 bits per heavy atom. The van der Waals surface area contributed by atoms with Crippen LogP contribution in [0.5, 0.6) is 0 Å². The molecule has 1 aromatic heterocycles. The van der Waals surface area contributed by atoms with E-state index in [0.717, 1.165) is 6.42 Å². The maximum atomic E-state index is 4.68. The molecule has 0 amide bonds. The molecule has 2 atom stereocenters. The van der Waals surface area contributed by atoms with Gasteiger partial charge in [-0.2, -0.15) is 0 Å². The first-order valence-corrected chi connectivity index (χ1v) is 8.43. The molecule has 0 radical (unpaired) electrons. The number of hydrogen-bond donors (Lipinski definition) is 1. The number of benzene rings is 1. The molecule has 0 aliphatic heterocycles. The van der Waals surface area contributed by atoms with Crippen molar-refractivity contribution in [3.63, 3.8) is 0 Å². The maximum absolute atomic E-state index is 4.68. The fraction of sp³-hybridized carbons (Fsp3) is 0.389. The van der Waals surface area contributed by atoms with E-state index in [4.69, 9.17) is 0 Å². The second-order valence-electron chi connectivity index (χ2n) is 5.74. The van der Waals surface area contributed by atoms with Crippen LogP contribution in [0.3, 0.4) is 0 Å². The van der Waals surface area contributed by atoms with Crippen molar-refractivity contribution >= 4 is 15.9 Å². The molecule has 2 nitrogen and oxygen atoms in total. The molecule has 2 aromatic rings. The first-order valence-electron chi connectivity index (χ1n) is 7.64. The van der Waals surface area contributed by atoms with Crippen LogP contribution < -0.4 is 5.32 Å². The second kappa shape index (κ2) is 6.71. The third-order valence-corrected chi connectivity index (χ3v) is 5.27. The van der Waals surface area contributed by atoms with Gasteiger partial charge in [0.25, 0.3) is 0 Å². The Morgan fingerprint density at radius 3 is 2.95 bits per heavy atom. The van der Waals surface area contributed by atoms with Gasteiger partial charge in [0.05, 0.1) is 0 Å². The van der Waals surface area contributed by atoms with Gasteiger partial charge in [-0.3, -0.25) is 4.98 Å². The lowest BCUT2D eigenvalue weighted by atomic mass is 9.80. The highest BCUT2D eigenvalue weighted by molar-refractivity contribution is 9.10. The zero-order valence-electron chi connectivity index (χ0n) is 12.3. The summed E-state index contributed by atoms with van der Waals surface area (Å²) in [5.74, 6) is 0.507. The van der Waals surface area contributed by atoms with Crippen molar-refractivity contribution in [2.24, 2.45) is 0 Å². The lowest BCUT2D eigenvalue weighted by molar-refractivity contribution is 0.402. The molecule has 0 spiro atoms. The monoisotopic (exact) mass is 344 g/mol. The van der Waals surface area contributed by atoms with Crippen molar-refractivity contribution in [1.29, 1.82) is 0 Å². The molecule has 3 heteroatoms. The third kappa shape index (κ3) is 3.19. The highest BCUT2D eigenvalue weighted by atomic mass is 79.9. The standard InChI is InChI=1S/C18H21BrN2/c1-20-17(12-14-6-2-3-10-16(14)19)15-9-4-7-13-8-5-11-21-18(13)15/h2-3,5-6,8,10-11,15,17,20H,4,7,9,12H2,1H3. The third-order valence-electron chi connectivity index (χ3n) is 4.49. The summed E-state index contributed by atoms with van der Waals surface area (Å²) in [4.78, 5) is 4.68. The molecular formula is C18H21BrN2.